The molecule has 0 fully saturated rings. The average molecular weight is 210 g/mol. The standard InChI is InChI=1S/C5H11.H2O.Sn.2H/c1-3-5-4-2;;;;/h1,3-5H2,2H3;1H2;;;. The summed E-state index contributed by atoms with van der Waals surface area (Å²) in [6.45, 7) is 2.25. The van der Waals surface area contributed by atoms with Crippen LogP contribution in [-0.4, -0.2) is 28.0 Å². The second-order valence-corrected chi connectivity index (χ2v) is 3.58. The van der Waals surface area contributed by atoms with Crippen molar-refractivity contribution < 1.29 is 5.48 Å². The summed E-state index contributed by atoms with van der Waals surface area (Å²) in [4.78, 5) is 0. The van der Waals surface area contributed by atoms with Crippen LogP contribution in [0.2, 0.25) is 4.44 Å². The van der Waals surface area contributed by atoms with Crippen molar-refractivity contribution >= 4 is 22.5 Å². The molecule has 0 saturated carbocycles. The smallest absolute Gasteiger partial charge is 0.412 e. The second kappa shape index (κ2) is 9.90. The fourth-order valence-electron chi connectivity index (χ4n) is 0.427. The van der Waals surface area contributed by atoms with E-state index in [9.17, 15) is 0 Å². The molecule has 1 nitrogen and oxygen atoms in total. The molecule has 0 heterocycles. The number of rotatable bonds is 3. The first-order chi connectivity index (χ1) is 2.91. The van der Waals surface area contributed by atoms with Gasteiger partial charge in [0.25, 0.3) is 0 Å². The molecule has 0 rings (SSSR count). The molecule has 0 aromatic heterocycles. The Morgan fingerprint density at radius 3 is 2.00 bits per heavy atom. The van der Waals surface area contributed by atoms with Crippen molar-refractivity contribution in [3.63, 3.8) is 0 Å². The summed E-state index contributed by atoms with van der Waals surface area (Å²) in [5.74, 6) is 0. The van der Waals surface area contributed by atoms with Crippen LogP contribution in [0.3, 0.4) is 0 Å². The summed E-state index contributed by atoms with van der Waals surface area (Å²) < 4.78 is 1.52. The molecule has 45 valence electrons. The van der Waals surface area contributed by atoms with Crippen molar-refractivity contribution in [1.82, 2.24) is 0 Å². The average Bonchev–Trinajstić information content (AvgIpc) is 1.61. The first kappa shape index (κ1) is 10.7. The maximum atomic E-state index is 2.25. The molecule has 7 heavy (non-hydrogen) atoms. The molecular formula is C5H15OSn. The minimum absolute atomic E-state index is 0. The van der Waals surface area contributed by atoms with E-state index in [0.717, 1.165) is 0 Å². The molecule has 0 aliphatic rings. The van der Waals surface area contributed by atoms with Gasteiger partial charge in [-0.05, 0) is 0 Å². The van der Waals surface area contributed by atoms with E-state index in [2.05, 4.69) is 6.92 Å². The monoisotopic (exact) mass is 211 g/mol. The molecular weight excluding hydrogens is 195 g/mol. The summed E-state index contributed by atoms with van der Waals surface area (Å²) in [5.41, 5.74) is 0. The van der Waals surface area contributed by atoms with Crippen LogP contribution in [0.15, 0.2) is 0 Å². The molecule has 1 radical (unpaired) electrons. The van der Waals surface area contributed by atoms with Gasteiger partial charge in [0.05, 0.1) is 0 Å². The van der Waals surface area contributed by atoms with Crippen LogP contribution in [0.1, 0.15) is 26.2 Å². The van der Waals surface area contributed by atoms with Gasteiger partial charge in [-0.1, -0.05) is 0 Å². The van der Waals surface area contributed by atoms with Gasteiger partial charge in [0, 0.05) is 0 Å². The molecule has 0 saturated heterocycles. The van der Waals surface area contributed by atoms with Crippen LogP contribution in [0, 0.1) is 0 Å². The Balaban J connectivity index is 0. The molecule has 0 spiro atoms. The van der Waals surface area contributed by atoms with Gasteiger partial charge in [-0.15, -0.1) is 0 Å². The van der Waals surface area contributed by atoms with Crippen LogP contribution in [0.4, 0.5) is 0 Å². The summed E-state index contributed by atoms with van der Waals surface area (Å²) in [6, 6.07) is 0. The molecule has 2 heteroatoms. The van der Waals surface area contributed by atoms with Crippen LogP contribution >= 0.6 is 0 Å². The van der Waals surface area contributed by atoms with Crippen molar-refractivity contribution in [3.8, 4) is 0 Å². The summed E-state index contributed by atoms with van der Waals surface area (Å²) in [7, 11) is 0. The van der Waals surface area contributed by atoms with Crippen molar-refractivity contribution in [2.75, 3.05) is 0 Å². The quantitative estimate of drug-likeness (QED) is 0.477. The van der Waals surface area contributed by atoms with Gasteiger partial charge in [-0.25, -0.2) is 0 Å². The van der Waals surface area contributed by atoms with E-state index in [1.165, 1.54) is 46.2 Å². The second-order valence-electron chi connectivity index (χ2n) is 1.56. The minimum Gasteiger partial charge on any atom is -0.412 e. The van der Waals surface area contributed by atoms with Gasteiger partial charge in [0.15, 0.2) is 0 Å². The van der Waals surface area contributed by atoms with Crippen molar-refractivity contribution in [3.05, 3.63) is 0 Å². The predicted octanol–water partition coefficient (Wildman–Crippen LogP) is 0.403. The number of unbranched alkanes of at least 4 members (excludes halogenated alkanes) is 2. The fourth-order valence-corrected chi connectivity index (χ4v) is 1.44. The van der Waals surface area contributed by atoms with E-state index >= 15 is 0 Å². The van der Waals surface area contributed by atoms with E-state index in [1.54, 1.807) is 0 Å². The van der Waals surface area contributed by atoms with Crippen molar-refractivity contribution in [2.45, 2.75) is 30.6 Å². The third-order valence-corrected chi connectivity index (χ3v) is 2.28. The van der Waals surface area contributed by atoms with Gasteiger partial charge in [0.1, 0.15) is 0 Å². The van der Waals surface area contributed by atoms with Gasteiger partial charge in [0.2, 0.25) is 0 Å². The normalized spacial score (nSPS) is 7.71. The molecule has 0 aliphatic carbocycles. The number of hydrogen-bond donors (Lipinski definition) is 0. The van der Waals surface area contributed by atoms with Crippen LogP contribution < -0.4 is 0 Å². The van der Waals surface area contributed by atoms with E-state index in [0.29, 0.717) is 0 Å². The van der Waals surface area contributed by atoms with Crippen LogP contribution in [0.25, 0.3) is 0 Å². The molecule has 0 aromatic rings. The topological polar surface area (TPSA) is 31.5 Å². The first-order valence-corrected chi connectivity index (χ1v) is 5.56. The zero-order valence-corrected chi connectivity index (χ0v) is 9.07. The molecule has 0 aliphatic heterocycles. The maximum Gasteiger partial charge on any atom is -0.412 e. The van der Waals surface area contributed by atoms with Crippen molar-refractivity contribution in [1.29, 1.82) is 0 Å². The Labute approximate surface area is 58.9 Å². The van der Waals surface area contributed by atoms with E-state index in [4.69, 9.17) is 0 Å². The SMILES string of the molecule is CCCC[CH2][SnH2].O. The molecule has 0 atom stereocenters. The third kappa shape index (κ3) is 10.8. The maximum absolute atomic E-state index is 2.25. The molecule has 2 N–H and O–H groups in total. The van der Waals surface area contributed by atoms with E-state index in [-0.39, 0.29) is 5.48 Å². The van der Waals surface area contributed by atoms with Crippen molar-refractivity contribution in [2.24, 2.45) is 0 Å². The van der Waals surface area contributed by atoms with Crippen LogP contribution in [0.5, 0.6) is 0 Å². The summed E-state index contributed by atoms with van der Waals surface area (Å²) in [6.07, 6.45) is 4.33. The fraction of sp³-hybridized carbons (Fsp3) is 1.00. The third-order valence-electron chi connectivity index (χ3n) is 0.854. The Morgan fingerprint density at radius 1 is 1.29 bits per heavy atom. The van der Waals surface area contributed by atoms with Gasteiger partial charge in [-0.2, -0.15) is 0 Å². The molecule has 0 amide bonds. The minimum atomic E-state index is 0. The van der Waals surface area contributed by atoms with Gasteiger partial charge < -0.3 is 5.48 Å². The summed E-state index contributed by atoms with van der Waals surface area (Å²) >= 11 is 1.22. The number of hydrogen-bond acceptors (Lipinski definition) is 0. The zero-order valence-electron chi connectivity index (χ0n) is 5.04. The van der Waals surface area contributed by atoms with E-state index < -0.39 is 0 Å². The Kier molecular flexibility index (Phi) is 15.1. The Morgan fingerprint density at radius 2 is 1.86 bits per heavy atom. The molecule has 0 unspecified atom stereocenters. The van der Waals surface area contributed by atoms with Gasteiger partial charge >= 0.3 is 53.1 Å². The zero-order chi connectivity index (χ0) is 4.83. The van der Waals surface area contributed by atoms with E-state index in [1.807, 2.05) is 0 Å². The molecule has 0 aromatic carbocycles. The first-order valence-electron chi connectivity index (χ1n) is 2.71. The van der Waals surface area contributed by atoms with Crippen LogP contribution in [-0.2, 0) is 0 Å². The van der Waals surface area contributed by atoms with Gasteiger partial charge in [-0.3, -0.25) is 0 Å². The largest absolute Gasteiger partial charge is 0.412 e. The Hall–Kier alpha value is 0.759. The molecule has 0 bridgehead atoms. The summed E-state index contributed by atoms with van der Waals surface area (Å²) in [5, 5.41) is 0. The predicted molar refractivity (Wildman–Crippen MR) is 36.5 cm³/mol. The Bertz CT molecular complexity index is 20.0.